The Balaban J connectivity index is 1.44. The van der Waals surface area contributed by atoms with Gasteiger partial charge in [-0.15, -0.1) is 0 Å². The van der Waals surface area contributed by atoms with Gasteiger partial charge in [0.05, 0.1) is 24.8 Å². The molecule has 0 radical (unpaired) electrons. The highest BCUT2D eigenvalue weighted by atomic mass is 16.3. The van der Waals surface area contributed by atoms with E-state index in [1.54, 1.807) is 33.9 Å². The Kier molecular flexibility index (Phi) is 8.70. The normalized spacial score (nSPS) is 15.2. The summed E-state index contributed by atoms with van der Waals surface area (Å²) in [5, 5.41) is 22.3. The second-order valence-corrected chi connectivity index (χ2v) is 9.35. The average molecular weight is 510 g/mol. The molecule has 0 saturated carbocycles. The van der Waals surface area contributed by atoms with Crippen molar-refractivity contribution in [2.45, 2.75) is 32.4 Å². The predicted octanol–water partition coefficient (Wildman–Crippen LogP) is 0.745. The van der Waals surface area contributed by atoms with E-state index < -0.39 is 6.10 Å². The van der Waals surface area contributed by atoms with Crippen LogP contribution in [-0.4, -0.2) is 92.4 Å². The third-order valence-corrected chi connectivity index (χ3v) is 6.56. The lowest BCUT2D eigenvalue weighted by Crippen LogP contribution is -2.50. The van der Waals surface area contributed by atoms with Crippen LogP contribution in [0, 0.1) is 0 Å². The van der Waals surface area contributed by atoms with E-state index in [0.717, 1.165) is 18.4 Å². The van der Waals surface area contributed by atoms with Crippen molar-refractivity contribution in [1.82, 2.24) is 24.3 Å². The number of nitrogens with two attached hydrogens (primary N) is 1. The van der Waals surface area contributed by atoms with Crippen LogP contribution >= 0.6 is 0 Å². The molecular formula is C26H35N7O4. The van der Waals surface area contributed by atoms with Crippen LogP contribution in [0.5, 0.6) is 0 Å². The number of aliphatic hydroxyl groups excluding tert-OH is 2. The summed E-state index contributed by atoms with van der Waals surface area (Å²) in [7, 11) is 0. The number of carbonyl (C=O) groups is 1. The van der Waals surface area contributed by atoms with Crippen molar-refractivity contribution in [3.8, 4) is 0 Å². The van der Waals surface area contributed by atoms with Crippen molar-refractivity contribution in [1.29, 1.82) is 0 Å². The summed E-state index contributed by atoms with van der Waals surface area (Å²) in [5.41, 5.74) is 7.61. The van der Waals surface area contributed by atoms with Gasteiger partial charge in [0, 0.05) is 51.0 Å². The van der Waals surface area contributed by atoms with Crippen LogP contribution in [-0.2, 0) is 6.54 Å². The zero-order valence-corrected chi connectivity index (χ0v) is 21.1. The van der Waals surface area contributed by atoms with Crippen molar-refractivity contribution < 1.29 is 15.0 Å². The van der Waals surface area contributed by atoms with Crippen LogP contribution in [0.2, 0.25) is 0 Å². The SMILES string of the molecule is CCCCNc1nc(N)nc2ccn(Cc3ccc(C(=O)N4CCN(CC(O)CO)CC4)cc3)c(=O)c12. The van der Waals surface area contributed by atoms with Gasteiger partial charge in [0.1, 0.15) is 11.2 Å². The summed E-state index contributed by atoms with van der Waals surface area (Å²) in [6, 6.07) is 9.05. The van der Waals surface area contributed by atoms with Gasteiger partial charge in [0.25, 0.3) is 11.5 Å². The number of piperazine rings is 1. The van der Waals surface area contributed by atoms with Gasteiger partial charge in [0.2, 0.25) is 5.95 Å². The second kappa shape index (κ2) is 12.1. The number of anilines is 2. The summed E-state index contributed by atoms with van der Waals surface area (Å²) in [4.78, 5) is 38.6. The Morgan fingerprint density at radius 3 is 2.54 bits per heavy atom. The number of rotatable bonds is 10. The van der Waals surface area contributed by atoms with E-state index in [9.17, 15) is 14.7 Å². The first-order valence-electron chi connectivity index (χ1n) is 12.7. The van der Waals surface area contributed by atoms with Gasteiger partial charge >= 0.3 is 0 Å². The topological polar surface area (TPSA) is 150 Å². The molecule has 1 aliphatic rings. The quantitative estimate of drug-likeness (QED) is 0.290. The fraction of sp³-hybridized carbons (Fsp3) is 0.462. The van der Waals surface area contributed by atoms with E-state index in [0.29, 0.717) is 68.1 Å². The summed E-state index contributed by atoms with van der Waals surface area (Å²) < 4.78 is 1.60. The van der Waals surface area contributed by atoms with E-state index in [2.05, 4.69) is 22.2 Å². The smallest absolute Gasteiger partial charge is 0.264 e. The van der Waals surface area contributed by atoms with Crippen LogP contribution < -0.4 is 16.6 Å². The molecule has 1 atom stereocenters. The second-order valence-electron chi connectivity index (χ2n) is 9.35. The Bertz CT molecular complexity index is 1270. The van der Waals surface area contributed by atoms with Gasteiger partial charge in [-0.2, -0.15) is 4.98 Å². The molecule has 11 heteroatoms. The third kappa shape index (κ3) is 6.43. The van der Waals surface area contributed by atoms with Gasteiger partial charge in [-0.3, -0.25) is 14.5 Å². The number of hydrogen-bond donors (Lipinski definition) is 4. The third-order valence-electron chi connectivity index (χ3n) is 6.56. The molecule has 198 valence electrons. The van der Waals surface area contributed by atoms with Crippen LogP contribution in [0.3, 0.4) is 0 Å². The van der Waals surface area contributed by atoms with E-state index in [-0.39, 0.29) is 24.0 Å². The lowest BCUT2D eigenvalue weighted by Gasteiger charge is -2.35. The zero-order chi connectivity index (χ0) is 26.4. The minimum absolute atomic E-state index is 0.0469. The number of hydrogen-bond acceptors (Lipinski definition) is 9. The van der Waals surface area contributed by atoms with Crippen molar-refractivity contribution in [2.75, 3.05) is 56.9 Å². The molecule has 0 aliphatic carbocycles. The van der Waals surface area contributed by atoms with E-state index in [1.165, 1.54) is 0 Å². The van der Waals surface area contributed by atoms with Crippen molar-refractivity contribution in [2.24, 2.45) is 0 Å². The molecular weight excluding hydrogens is 474 g/mol. The van der Waals surface area contributed by atoms with E-state index in [1.807, 2.05) is 17.0 Å². The van der Waals surface area contributed by atoms with E-state index in [4.69, 9.17) is 10.8 Å². The molecule has 4 rings (SSSR count). The average Bonchev–Trinajstić information content (AvgIpc) is 2.90. The number of aromatic nitrogens is 3. The maximum absolute atomic E-state index is 13.3. The molecule has 0 spiro atoms. The number of fused-ring (bicyclic) bond motifs is 1. The standard InChI is InChI=1S/C26H35N7O4/c1-2-3-9-28-23-22-21(29-26(27)30-23)8-10-33(25(22)37)15-18-4-6-19(7-5-18)24(36)32-13-11-31(12-14-32)16-20(35)17-34/h4-8,10,20,34-35H,2-3,9,11-17H2,1H3,(H3,27,28,29,30). The summed E-state index contributed by atoms with van der Waals surface area (Å²) in [6.07, 6.45) is 2.89. The van der Waals surface area contributed by atoms with Gasteiger partial charge in [-0.25, -0.2) is 4.98 Å². The Morgan fingerprint density at radius 2 is 1.86 bits per heavy atom. The molecule has 3 aromatic rings. The fourth-order valence-electron chi connectivity index (χ4n) is 4.46. The predicted molar refractivity (Wildman–Crippen MR) is 143 cm³/mol. The molecule has 1 fully saturated rings. The molecule has 1 amide bonds. The fourth-order valence-corrected chi connectivity index (χ4v) is 4.46. The molecule has 0 bridgehead atoms. The lowest BCUT2D eigenvalue weighted by molar-refractivity contribution is 0.0358. The van der Waals surface area contributed by atoms with Gasteiger partial charge < -0.3 is 30.7 Å². The number of nitrogens with one attached hydrogen (secondary N) is 1. The molecule has 1 saturated heterocycles. The maximum atomic E-state index is 13.3. The monoisotopic (exact) mass is 509 g/mol. The highest BCUT2D eigenvalue weighted by Gasteiger charge is 2.23. The maximum Gasteiger partial charge on any atom is 0.264 e. The molecule has 3 heterocycles. The number of aliphatic hydroxyl groups is 2. The summed E-state index contributed by atoms with van der Waals surface area (Å²) in [5.74, 6) is 0.518. The Morgan fingerprint density at radius 1 is 1.14 bits per heavy atom. The number of pyridine rings is 1. The summed E-state index contributed by atoms with van der Waals surface area (Å²) >= 11 is 0. The highest BCUT2D eigenvalue weighted by molar-refractivity contribution is 5.94. The first-order chi connectivity index (χ1) is 17.9. The number of nitrogen functional groups attached to an aromatic ring is 1. The van der Waals surface area contributed by atoms with Gasteiger partial charge in [-0.1, -0.05) is 25.5 Å². The van der Waals surface area contributed by atoms with E-state index >= 15 is 0 Å². The first-order valence-corrected chi connectivity index (χ1v) is 12.7. The number of carbonyl (C=O) groups excluding carboxylic acids is 1. The largest absolute Gasteiger partial charge is 0.394 e. The Labute approximate surface area is 215 Å². The van der Waals surface area contributed by atoms with Gasteiger partial charge in [-0.05, 0) is 30.2 Å². The molecule has 37 heavy (non-hydrogen) atoms. The number of amides is 1. The van der Waals surface area contributed by atoms with Crippen molar-refractivity contribution >= 4 is 28.6 Å². The van der Waals surface area contributed by atoms with Crippen molar-refractivity contribution in [3.63, 3.8) is 0 Å². The van der Waals surface area contributed by atoms with Crippen LogP contribution in [0.1, 0.15) is 35.7 Å². The van der Waals surface area contributed by atoms with Gasteiger partial charge in [0.15, 0.2) is 0 Å². The van der Waals surface area contributed by atoms with Crippen molar-refractivity contribution in [3.05, 3.63) is 58.0 Å². The molecule has 5 N–H and O–H groups in total. The molecule has 2 aromatic heterocycles. The molecule has 1 unspecified atom stereocenters. The lowest BCUT2D eigenvalue weighted by atomic mass is 10.1. The summed E-state index contributed by atoms with van der Waals surface area (Å²) in [6.45, 7) is 5.67. The number of unbranched alkanes of at least 4 members (excludes halogenated alkanes) is 1. The molecule has 1 aliphatic heterocycles. The molecule has 1 aromatic carbocycles. The first kappa shape index (κ1) is 26.5. The minimum atomic E-state index is -0.764. The number of nitrogens with zero attached hydrogens (tertiary/aromatic N) is 5. The molecule has 11 nitrogen and oxygen atoms in total. The van der Waals surface area contributed by atoms with Crippen LogP contribution in [0.4, 0.5) is 11.8 Å². The minimum Gasteiger partial charge on any atom is -0.394 e. The number of β-amino-alcohol motifs (C(OH)–C–C–N with tert-alkyl or cyclic N) is 1. The van der Waals surface area contributed by atoms with Crippen LogP contribution in [0.25, 0.3) is 10.9 Å². The number of benzene rings is 1. The Hall–Kier alpha value is -3.54. The highest BCUT2D eigenvalue weighted by Crippen LogP contribution is 2.18. The zero-order valence-electron chi connectivity index (χ0n) is 21.1. The van der Waals surface area contributed by atoms with Crippen LogP contribution in [0.15, 0.2) is 41.3 Å².